The van der Waals surface area contributed by atoms with Gasteiger partial charge in [0.15, 0.2) is 0 Å². The maximum Gasteiger partial charge on any atom is 0.271 e. The maximum atomic E-state index is 11.8. The number of aromatic nitrogens is 2. The Labute approximate surface area is 83.5 Å². The number of nitrogens with two attached hydrogens (primary N) is 1. The smallest absolute Gasteiger partial charge is 0.271 e. The molecule has 1 aromatic rings. The van der Waals surface area contributed by atoms with Crippen molar-refractivity contribution >= 4 is 5.91 Å². The molecule has 0 spiro atoms. The number of nitrogens with zero attached hydrogens (tertiary/aromatic N) is 3. The van der Waals surface area contributed by atoms with Gasteiger partial charge in [0.2, 0.25) is 0 Å². The molecule has 1 rings (SSSR count). The van der Waals surface area contributed by atoms with Crippen LogP contribution in [0.15, 0.2) is 12.4 Å². The van der Waals surface area contributed by atoms with Crippen LogP contribution in [0.4, 0.5) is 0 Å². The molecule has 1 heterocycles. The Morgan fingerprint density at radius 1 is 1.57 bits per heavy atom. The Morgan fingerprint density at radius 3 is 2.50 bits per heavy atom. The Balaban J connectivity index is 2.86. The molecule has 0 aliphatic rings. The van der Waals surface area contributed by atoms with Crippen molar-refractivity contribution in [2.45, 2.75) is 26.3 Å². The lowest BCUT2D eigenvalue weighted by atomic mass is 10.1. The number of hydrogen-bond donors (Lipinski definition) is 1. The molecule has 1 aromatic heterocycles. The molecule has 0 aliphatic carbocycles. The standard InChI is InChI=1S/C9H16N4O/c1-9(2,3)13(10)8(14)7-5-11-12(4)6-7/h5-6H,10H2,1-4H3. The van der Waals surface area contributed by atoms with E-state index in [1.165, 1.54) is 11.2 Å². The minimum absolute atomic E-state index is 0.217. The summed E-state index contributed by atoms with van der Waals surface area (Å²) in [4.78, 5) is 11.8. The molecule has 1 amide bonds. The average Bonchev–Trinajstić information content (AvgIpc) is 2.47. The first-order valence-corrected chi connectivity index (χ1v) is 4.40. The van der Waals surface area contributed by atoms with Crippen LogP contribution in [0.3, 0.4) is 0 Å². The molecule has 5 heteroatoms. The van der Waals surface area contributed by atoms with Gasteiger partial charge in [-0.15, -0.1) is 0 Å². The van der Waals surface area contributed by atoms with E-state index < -0.39 is 0 Å². The van der Waals surface area contributed by atoms with Crippen LogP contribution in [0.5, 0.6) is 0 Å². The van der Waals surface area contributed by atoms with Gasteiger partial charge >= 0.3 is 0 Å². The van der Waals surface area contributed by atoms with Crippen molar-refractivity contribution in [2.75, 3.05) is 0 Å². The Kier molecular flexibility index (Phi) is 2.62. The molecule has 0 aromatic carbocycles. The first kappa shape index (κ1) is 10.7. The number of carbonyl (C=O) groups excluding carboxylic acids is 1. The van der Waals surface area contributed by atoms with Gasteiger partial charge in [-0.25, -0.2) is 5.84 Å². The highest BCUT2D eigenvalue weighted by molar-refractivity contribution is 5.93. The Hall–Kier alpha value is -1.36. The fourth-order valence-corrected chi connectivity index (χ4v) is 0.975. The minimum Gasteiger partial charge on any atom is -0.275 e. The highest BCUT2D eigenvalue weighted by atomic mass is 16.2. The van der Waals surface area contributed by atoms with E-state index in [1.807, 2.05) is 20.8 Å². The van der Waals surface area contributed by atoms with Crippen LogP contribution in [0.2, 0.25) is 0 Å². The predicted molar refractivity (Wildman–Crippen MR) is 53.3 cm³/mol. The lowest BCUT2D eigenvalue weighted by Crippen LogP contribution is -2.50. The van der Waals surface area contributed by atoms with Gasteiger partial charge in [-0.3, -0.25) is 14.5 Å². The second-order valence-electron chi connectivity index (χ2n) is 4.25. The van der Waals surface area contributed by atoms with Gasteiger partial charge in [-0.1, -0.05) is 0 Å². The van der Waals surface area contributed by atoms with E-state index in [-0.39, 0.29) is 11.4 Å². The van der Waals surface area contributed by atoms with Gasteiger partial charge in [0.1, 0.15) is 0 Å². The monoisotopic (exact) mass is 196 g/mol. The van der Waals surface area contributed by atoms with Crippen LogP contribution in [-0.4, -0.2) is 26.2 Å². The topological polar surface area (TPSA) is 64.2 Å². The summed E-state index contributed by atoms with van der Waals surface area (Å²) in [6, 6.07) is 0. The van der Waals surface area contributed by atoms with Crippen molar-refractivity contribution in [3.63, 3.8) is 0 Å². The summed E-state index contributed by atoms with van der Waals surface area (Å²) in [5.41, 5.74) is 0.123. The van der Waals surface area contributed by atoms with E-state index >= 15 is 0 Å². The molecule has 78 valence electrons. The van der Waals surface area contributed by atoms with E-state index in [0.717, 1.165) is 0 Å². The van der Waals surface area contributed by atoms with Crippen LogP contribution in [0, 0.1) is 0 Å². The molecule has 0 saturated heterocycles. The van der Waals surface area contributed by atoms with E-state index in [9.17, 15) is 4.79 Å². The van der Waals surface area contributed by atoms with Crippen LogP contribution >= 0.6 is 0 Å². The van der Waals surface area contributed by atoms with Gasteiger partial charge in [-0.05, 0) is 20.8 Å². The largest absolute Gasteiger partial charge is 0.275 e. The van der Waals surface area contributed by atoms with E-state index in [4.69, 9.17) is 5.84 Å². The number of amides is 1. The first-order valence-electron chi connectivity index (χ1n) is 4.40. The summed E-state index contributed by atoms with van der Waals surface area (Å²) >= 11 is 0. The number of carbonyl (C=O) groups is 1. The van der Waals surface area contributed by atoms with Crippen molar-refractivity contribution in [3.8, 4) is 0 Å². The summed E-state index contributed by atoms with van der Waals surface area (Å²) < 4.78 is 1.57. The molecule has 0 unspecified atom stereocenters. The fourth-order valence-electron chi connectivity index (χ4n) is 0.975. The number of hydrazine groups is 1. The fraction of sp³-hybridized carbons (Fsp3) is 0.556. The number of hydrogen-bond acceptors (Lipinski definition) is 3. The molecule has 0 saturated carbocycles. The quantitative estimate of drug-likeness (QED) is 0.405. The first-order chi connectivity index (χ1) is 6.32. The molecule has 5 nitrogen and oxygen atoms in total. The van der Waals surface area contributed by atoms with Gasteiger partial charge in [0, 0.05) is 13.2 Å². The van der Waals surface area contributed by atoms with Crippen LogP contribution < -0.4 is 5.84 Å². The summed E-state index contributed by atoms with van der Waals surface area (Å²) in [6.07, 6.45) is 3.15. The molecular formula is C9H16N4O. The zero-order chi connectivity index (χ0) is 10.9. The van der Waals surface area contributed by atoms with Gasteiger partial charge in [-0.2, -0.15) is 5.10 Å². The van der Waals surface area contributed by atoms with Crippen LogP contribution in [0.1, 0.15) is 31.1 Å². The molecule has 0 atom stereocenters. The molecule has 0 bridgehead atoms. The molecule has 0 aliphatic heterocycles. The summed E-state index contributed by atoms with van der Waals surface area (Å²) in [5, 5.41) is 5.13. The number of rotatable bonds is 1. The van der Waals surface area contributed by atoms with E-state index in [0.29, 0.717) is 5.56 Å². The number of aryl methyl sites for hydroxylation is 1. The Bertz CT molecular complexity index is 337. The second-order valence-corrected chi connectivity index (χ2v) is 4.25. The highest BCUT2D eigenvalue weighted by Gasteiger charge is 2.24. The lowest BCUT2D eigenvalue weighted by molar-refractivity contribution is 0.0582. The van der Waals surface area contributed by atoms with Gasteiger partial charge in [0.05, 0.1) is 17.3 Å². The normalized spacial score (nSPS) is 11.5. The predicted octanol–water partition coefficient (Wildman–Crippen LogP) is 0.534. The summed E-state index contributed by atoms with van der Waals surface area (Å²) in [5.74, 6) is 5.47. The maximum absolute atomic E-state index is 11.8. The van der Waals surface area contributed by atoms with Crippen molar-refractivity contribution in [1.82, 2.24) is 14.8 Å². The van der Waals surface area contributed by atoms with E-state index in [1.54, 1.807) is 17.9 Å². The second kappa shape index (κ2) is 3.42. The Morgan fingerprint density at radius 2 is 2.14 bits per heavy atom. The van der Waals surface area contributed by atoms with Crippen molar-refractivity contribution in [3.05, 3.63) is 18.0 Å². The summed E-state index contributed by atoms with van der Waals surface area (Å²) in [7, 11) is 1.76. The van der Waals surface area contributed by atoms with Gasteiger partial charge in [0.25, 0.3) is 5.91 Å². The summed E-state index contributed by atoms with van der Waals surface area (Å²) in [6.45, 7) is 5.63. The average molecular weight is 196 g/mol. The SMILES string of the molecule is Cn1cc(C(=O)N(N)C(C)(C)C)cn1. The van der Waals surface area contributed by atoms with Crippen molar-refractivity contribution in [2.24, 2.45) is 12.9 Å². The van der Waals surface area contributed by atoms with Crippen LogP contribution in [0.25, 0.3) is 0 Å². The van der Waals surface area contributed by atoms with E-state index in [2.05, 4.69) is 5.10 Å². The molecule has 0 radical (unpaired) electrons. The molecule has 0 fully saturated rings. The lowest BCUT2D eigenvalue weighted by Gasteiger charge is -2.30. The highest BCUT2D eigenvalue weighted by Crippen LogP contribution is 2.12. The van der Waals surface area contributed by atoms with Crippen molar-refractivity contribution in [1.29, 1.82) is 0 Å². The van der Waals surface area contributed by atoms with Gasteiger partial charge < -0.3 is 0 Å². The minimum atomic E-state index is -0.382. The van der Waals surface area contributed by atoms with Crippen molar-refractivity contribution < 1.29 is 4.79 Å². The molecular weight excluding hydrogens is 180 g/mol. The van der Waals surface area contributed by atoms with Crippen LogP contribution in [-0.2, 0) is 7.05 Å². The third kappa shape index (κ3) is 2.11. The molecule has 14 heavy (non-hydrogen) atoms. The molecule has 2 N–H and O–H groups in total. The third-order valence-electron chi connectivity index (χ3n) is 1.89. The zero-order valence-corrected chi connectivity index (χ0v) is 8.98. The third-order valence-corrected chi connectivity index (χ3v) is 1.89. The zero-order valence-electron chi connectivity index (χ0n) is 8.98.